The van der Waals surface area contributed by atoms with E-state index in [0.717, 1.165) is 41.0 Å². The number of nitrogens with one attached hydrogen (secondary N) is 1. The lowest BCUT2D eigenvalue weighted by Crippen LogP contribution is -2.16. The van der Waals surface area contributed by atoms with Crippen LogP contribution in [0.25, 0.3) is 0 Å². The highest BCUT2D eigenvalue weighted by atomic mass is 35.5. The molecule has 0 aliphatic carbocycles. The van der Waals surface area contributed by atoms with Gasteiger partial charge >= 0.3 is 0 Å². The van der Waals surface area contributed by atoms with Crippen LogP contribution in [0.1, 0.15) is 16.7 Å². The van der Waals surface area contributed by atoms with Crippen molar-refractivity contribution in [3.8, 4) is 0 Å². The third kappa shape index (κ3) is 3.11. The fourth-order valence-electron chi connectivity index (χ4n) is 2.34. The number of halogens is 1. The van der Waals surface area contributed by atoms with Gasteiger partial charge < -0.3 is 5.32 Å². The van der Waals surface area contributed by atoms with Crippen molar-refractivity contribution in [2.75, 3.05) is 13.1 Å². The monoisotopic (exact) mass is 311 g/mol. The lowest BCUT2D eigenvalue weighted by atomic mass is 9.98. The summed E-state index contributed by atoms with van der Waals surface area (Å²) in [7, 11) is 0. The van der Waals surface area contributed by atoms with Crippen LogP contribution in [0.5, 0.6) is 0 Å². The standard InChI is InChI=1S/C13H14ClN3S2/c14-12-2-1-9-3-5-15-6-4-10(9)11(12)7-18-13-17-16-8-19-13/h1-2,8,15H,3-7H2. The largest absolute Gasteiger partial charge is 0.316 e. The molecule has 1 aliphatic heterocycles. The van der Waals surface area contributed by atoms with E-state index < -0.39 is 0 Å². The summed E-state index contributed by atoms with van der Waals surface area (Å²) >= 11 is 9.68. The number of nitrogens with zero attached hydrogens (tertiary/aromatic N) is 2. The Balaban J connectivity index is 1.86. The third-order valence-electron chi connectivity index (χ3n) is 3.27. The van der Waals surface area contributed by atoms with Crippen LogP contribution in [-0.4, -0.2) is 23.3 Å². The quantitative estimate of drug-likeness (QED) is 0.884. The van der Waals surface area contributed by atoms with Gasteiger partial charge in [-0.1, -0.05) is 40.8 Å². The Morgan fingerprint density at radius 2 is 2.21 bits per heavy atom. The van der Waals surface area contributed by atoms with E-state index >= 15 is 0 Å². The molecule has 3 rings (SSSR count). The van der Waals surface area contributed by atoms with E-state index in [0.29, 0.717) is 0 Å². The van der Waals surface area contributed by atoms with Gasteiger partial charge in [0.15, 0.2) is 4.34 Å². The minimum atomic E-state index is 0.872. The van der Waals surface area contributed by atoms with Crippen LogP contribution in [0.3, 0.4) is 0 Å². The second-order valence-corrected chi connectivity index (χ2v) is 6.87. The third-order valence-corrected chi connectivity index (χ3v) is 5.51. The van der Waals surface area contributed by atoms with E-state index in [4.69, 9.17) is 11.6 Å². The summed E-state index contributed by atoms with van der Waals surface area (Å²) in [5.41, 5.74) is 5.89. The van der Waals surface area contributed by atoms with E-state index in [-0.39, 0.29) is 0 Å². The highest BCUT2D eigenvalue weighted by molar-refractivity contribution is 8.00. The fraction of sp³-hybridized carbons (Fsp3) is 0.385. The SMILES string of the molecule is Clc1ccc2c(c1CSc1nncs1)CCNCC2. The van der Waals surface area contributed by atoms with Crippen LogP contribution in [0.2, 0.25) is 5.02 Å². The fourth-order valence-corrected chi connectivity index (χ4v) is 4.22. The van der Waals surface area contributed by atoms with Crippen molar-refractivity contribution in [1.82, 2.24) is 15.5 Å². The molecule has 0 spiro atoms. The average molecular weight is 312 g/mol. The summed E-state index contributed by atoms with van der Waals surface area (Å²) in [6, 6.07) is 4.20. The normalized spacial score (nSPS) is 15.0. The number of hydrogen-bond donors (Lipinski definition) is 1. The zero-order valence-electron chi connectivity index (χ0n) is 10.4. The maximum absolute atomic E-state index is 6.39. The van der Waals surface area contributed by atoms with Crippen molar-refractivity contribution in [3.05, 3.63) is 39.4 Å². The second-order valence-electron chi connectivity index (χ2n) is 4.41. The van der Waals surface area contributed by atoms with Crippen molar-refractivity contribution in [1.29, 1.82) is 0 Å². The van der Waals surface area contributed by atoms with Crippen LogP contribution >= 0.6 is 34.7 Å². The van der Waals surface area contributed by atoms with Crippen LogP contribution < -0.4 is 5.32 Å². The molecule has 0 fully saturated rings. The molecule has 1 aromatic heterocycles. The average Bonchev–Trinajstić information content (AvgIpc) is 2.82. The van der Waals surface area contributed by atoms with E-state index in [1.165, 1.54) is 16.7 Å². The summed E-state index contributed by atoms with van der Waals surface area (Å²) in [6.07, 6.45) is 2.14. The number of rotatable bonds is 3. The van der Waals surface area contributed by atoms with Crippen molar-refractivity contribution in [2.45, 2.75) is 22.9 Å². The predicted octanol–water partition coefficient (Wildman–Crippen LogP) is 3.17. The minimum absolute atomic E-state index is 0.872. The second kappa shape index (κ2) is 6.22. The van der Waals surface area contributed by atoms with E-state index in [2.05, 4.69) is 21.6 Å². The molecular formula is C13H14ClN3S2. The maximum Gasteiger partial charge on any atom is 0.174 e. The molecule has 0 amide bonds. The van der Waals surface area contributed by atoms with Crippen LogP contribution in [0, 0.1) is 0 Å². The first-order valence-electron chi connectivity index (χ1n) is 6.23. The van der Waals surface area contributed by atoms with Crippen molar-refractivity contribution < 1.29 is 0 Å². The highest BCUT2D eigenvalue weighted by Crippen LogP contribution is 2.32. The summed E-state index contributed by atoms with van der Waals surface area (Å²) in [6.45, 7) is 2.08. The molecular weight excluding hydrogens is 298 g/mol. The molecule has 2 aromatic rings. The van der Waals surface area contributed by atoms with E-state index in [1.54, 1.807) is 28.6 Å². The summed E-state index contributed by atoms with van der Waals surface area (Å²) in [5, 5.41) is 12.2. The summed E-state index contributed by atoms with van der Waals surface area (Å²) in [4.78, 5) is 0. The molecule has 1 aliphatic rings. The lowest BCUT2D eigenvalue weighted by molar-refractivity contribution is 0.710. The number of aromatic nitrogens is 2. The first-order valence-corrected chi connectivity index (χ1v) is 8.48. The molecule has 100 valence electrons. The van der Waals surface area contributed by atoms with Gasteiger partial charge in [0, 0.05) is 10.8 Å². The molecule has 2 heterocycles. The smallest absolute Gasteiger partial charge is 0.174 e. The van der Waals surface area contributed by atoms with Gasteiger partial charge in [0.2, 0.25) is 0 Å². The molecule has 19 heavy (non-hydrogen) atoms. The summed E-state index contributed by atoms with van der Waals surface area (Å²) in [5.74, 6) is 0.872. The molecule has 0 radical (unpaired) electrons. The Morgan fingerprint density at radius 1 is 1.32 bits per heavy atom. The lowest BCUT2D eigenvalue weighted by Gasteiger charge is -2.13. The van der Waals surface area contributed by atoms with Crippen LogP contribution in [0.15, 0.2) is 22.0 Å². The Morgan fingerprint density at radius 3 is 3.05 bits per heavy atom. The van der Waals surface area contributed by atoms with Gasteiger partial charge in [-0.15, -0.1) is 10.2 Å². The van der Waals surface area contributed by atoms with Crippen LogP contribution in [0.4, 0.5) is 0 Å². The van der Waals surface area contributed by atoms with Crippen LogP contribution in [-0.2, 0) is 18.6 Å². The molecule has 0 saturated heterocycles. The van der Waals surface area contributed by atoms with Gasteiger partial charge in [0.1, 0.15) is 5.51 Å². The Labute approximate surface area is 125 Å². The number of thioether (sulfide) groups is 1. The number of fused-ring (bicyclic) bond motifs is 1. The minimum Gasteiger partial charge on any atom is -0.316 e. The van der Waals surface area contributed by atoms with Gasteiger partial charge in [-0.25, -0.2) is 0 Å². The van der Waals surface area contributed by atoms with E-state index in [1.807, 2.05) is 6.07 Å². The molecule has 1 N–H and O–H groups in total. The Kier molecular flexibility index (Phi) is 4.38. The van der Waals surface area contributed by atoms with Gasteiger partial charge in [-0.05, 0) is 48.7 Å². The molecule has 3 nitrogen and oxygen atoms in total. The zero-order valence-corrected chi connectivity index (χ0v) is 12.7. The van der Waals surface area contributed by atoms with E-state index in [9.17, 15) is 0 Å². The Hall–Kier alpha value is -0.620. The van der Waals surface area contributed by atoms with Gasteiger partial charge in [-0.3, -0.25) is 0 Å². The number of benzene rings is 1. The molecule has 6 heteroatoms. The first kappa shape index (κ1) is 13.4. The highest BCUT2D eigenvalue weighted by Gasteiger charge is 2.15. The molecule has 0 unspecified atom stereocenters. The molecule has 0 bridgehead atoms. The predicted molar refractivity (Wildman–Crippen MR) is 81.2 cm³/mol. The zero-order chi connectivity index (χ0) is 13.1. The number of hydrogen-bond acceptors (Lipinski definition) is 5. The summed E-state index contributed by atoms with van der Waals surface area (Å²) < 4.78 is 1.00. The van der Waals surface area contributed by atoms with Crippen molar-refractivity contribution in [2.24, 2.45) is 0 Å². The van der Waals surface area contributed by atoms with Gasteiger partial charge in [-0.2, -0.15) is 0 Å². The van der Waals surface area contributed by atoms with Crippen molar-refractivity contribution in [3.63, 3.8) is 0 Å². The topological polar surface area (TPSA) is 37.8 Å². The maximum atomic E-state index is 6.39. The molecule has 0 atom stereocenters. The Bertz CT molecular complexity index is 557. The van der Waals surface area contributed by atoms with Crippen molar-refractivity contribution >= 4 is 34.7 Å². The first-order chi connectivity index (χ1) is 9.34. The molecule has 1 aromatic carbocycles. The van der Waals surface area contributed by atoms with Gasteiger partial charge in [0.05, 0.1) is 0 Å². The van der Waals surface area contributed by atoms with Gasteiger partial charge in [0.25, 0.3) is 0 Å². The molecule has 0 saturated carbocycles.